The van der Waals surface area contributed by atoms with E-state index in [0.29, 0.717) is 5.56 Å². The zero-order valence-corrected chi connectivity index (χ0v) is 10.7. The fourth-order valence-corrected chi connectivity index (χ4v) is 1.44. The highest BCUT2D eigenvalue weighted by Crippen LogP contribution is 2.21. The summed E-state index contributed by atoms with van der Waals surface area (Å²) in [5.41, 5.74) is 6.33. The Bertz CT molecular complexity index is 582. The molecule has 1 aromatic rings. The van der Waals surface area contributed by atoms with Gasteiger partial charge in [-0.2, -0.15) is 15.6 Å². The number of nitrogens with zero attached hydrogens (tertiary/aromatic N) is 4. The SMILES string of the molecule is CC(C)c1[nH]nc(Cl)c1C=N/C(C#N)=C(\N)C#N. The number of allylic oxidation sites excluding steroid dienone is 2. The molecule has 0 saturated heterocycles. The van der Waals surface area contributed by atoms with Crippen LogP contribution in [0.25, 0.3) is 0 Å². The number of hydrogen-bond donors (Lipinski definition) is 2. The Hall–Kier alpha value is -2.31. The molecule has 0 aliphatic heterocycles. The predicted molar refractivity (Wildman–Crippen MR) is 67.7 cm³/mol. The molecule has 1 rings (SSSR count). The fourth-order valence-electron chi connectivity index (χ4n) is 1.24. The molecular formula is C11H11ClN6. The van der Waals surface area contributed by atoms with Crippen LogP contribution in [-0.2, 0) is 0 Å². The van der Waals surface area contributed by atoms with Crippen molar-refractivity contribution >= 4 is 17.8 Å². The molecule has 0 amide bonds. The van der Waals surface area contributed by atoms with Crippen LogP contribution in [0.5, 0.6) is 0 Å². The minimum atomic E-state index is -0.237. The third-order valence-corrected chi connectivity index (χ3v) is 2.46. The van der Waals surface area contributed by atoms with Crippen LogP contribution in [-0.4, -0.2) is 16.4 Å². The van der Waals surface area contributed by atoms with E-state index < -0.39 is 0 Å². The van der Waals surface area contributed by atoms with Crippen molar-refractivity contribution in [2.75, 3.05) is 0 Å². The molecule has 0 spiro atoms. The lowest BCUT2D eigenvalue weighted by atomic mass is 10.1. The molecule has 0 bridgehead atoms. The highest BCUT2D eigenvalue weighted by atomic mass is 35.5. The number of aromatic nitrogens is 2. The van der Waals surface area contributed by atoms with E-state index in [9.17, 15) is 0 Å². The van der Waals surface area contributed by atoms with Crippen molar-refractivity contribution in [3.8, 4) is 12.1 Å². The van der Waals surface area contributed by atoms with Gasteiger partial charge in [-0.05, 0) is 5.92 Å². The second kappa shape index (κ2) is 5.85. The van der Waals surface area contributed by atoms with Gasteiger partial charge in [0, 0.05) is 11.9 Å². The zero-order chi connectivity index (χ0) is 13.7. The van der Waals surface area contributed by atoms with Crippen molar-refractivity contribution in [1.82, 2.24) is 10.2 Å². The monoisotopic (exact) mass is 262 g/mol. The Kier molecular flexibility index (Phi) is 4.47. The van der Waals surface area contributed by atoms with Gasteiger partial charge in [0.25, 0.3) is 0 Å². The van der Waals surface area contributed by atoms with Gasteiger partial charge in [-0.1, -0.05) is 25.4 Å². The number of nitriles is 2. The maximum atomic E-state index is 8.79. The van der Waals surface area contributed by atoms with E-state index >= 15 is 0 Å². The summed E-state index contributed by atoms with van der Waals surface area (Å²) >= 11 is 5.90. The fraction of sp³-hybridized carbons (Fsp3) is 0.273. The van der Waals surface area contributed by atoms with Crippen LogP contribution in [0.1, 0.15) is 31.0 Å². The van der Waals surface area contributed by atoms with Gasteiger partial charge in [0.05, 0.1) is 5.56 Å². The number of H-pyrrole nitrogens is 1. The molecule has 0 radical (unpaired) electrons. The second-order valence-electron chi connectivity index (χ2n) is 3.74. The van der Waals surface area contributed by atoms with E-state index in [2.05, 4.69) is 15.2 Å². The number of nitrogens with one attached hydrogen (secondary N) is 1. The Balaban J connectivity index is 3.17. The summed E-state index contributed by atoms with van der Waals surface area (Å²) in [7, 11) is 0. The van der Waals surface area contributed by atoms with E-state index in [-0.39, 0.29) is 22.5 Å². The number of aromatic amines is 1. The van der Waals surface area contributed by atoms with Crippen molar-refractivity contribution in [3.63, 3.8) is 0 Å². The zero-order valence-electron chi connectivity index (χ0n) is 9.90. The molecule has 0 aromatic carbocycles. The summed E-state index contributed by atoms with van der Waals surface area (Å²) in [5.74, 6) is 0.175. The van der Waals surface area contributed by atoms with E-state index in [4.69, 9.17) is 27.9 Å². The molecule has 0 fully saturated rings. The maximum Gasteiger partial charge on any atom is 0.174 e. The second-order valence-corrected chi connectivity index (χ2v) is 4.10. The first kappa shape index (κ1) is 13.8. The van der Waals surface area contributed by atoms with Gasteiger partial charge in [0.1, 0.15) is 17.8 Å². The standard InChI is InChI=1S/C11H11ClN6/c1-6(2)10-7(11(12)18-17-10)5-16-9(4-14)8(15)3-13/h5-6H,15H2,1-2H3,(H,17,18)/b9-8-,16-5?. The molecule has 0 saturated carbocycles. The van der Waals surface area contributed by atoms with E-state index in [1.54, 1.807) is 12.1 Å². The summed E-state index contributed by atoms with van der Waals surface area (Å²) in [6.07, 6.45) is 1.38. The lowest BCUT2D eigenvalue weighted by Crippen LogP contribution is -1.98. The highest BCUT2D eigenvalue weighted by Gasteiger charge is 2.12. The van der Waals surface area contributed by atoms with Crippen LogP contribution in [0.3, 0.4) is 0 Å². The largest absolute Gasteiger partial charge is 0.388 e. The Morgan fingerprint density at radius 1 is 1.50 bits per heavy atom. The Morgan fingerprint density at radius 3 is 2.67 bits per heavy atom. The minimum Gasteiger partial charge on any atom is -0.388 e. The van der Waals surface area contributed by atoms with E-state index in [1.165, 1.54) is 6.21 Å². The lowest BCUT2D eigenvalue weighted by molar-refractivity contribution is 0.809. The van der Waals surface area contributed by atoms with E-state index in [0.717, 1.165) is 5.69 Å². The molecule has 0 aliphatic carbocycles. The minimum absolute atomic E-state index is 0.149. The number of rotatable bonds is 3. The molecule has 0 unspecified atom stereocenters. The first-order chi connectivity index (χ1) is 8.51. The number of halogens is 1. The lowest BCUT2D eigenvalue weighted by Gasteiger charge is -2.01. The van der Waals surface area contributed by atoms with Crippen LogP contribution in [0, 0.1) is 22.7 Å². The molecule has 3 N–H and O–H groups in total. The molecule has 1 heterocycles. The first-order valence-corrected chi connectivity index (χ1v) is 5.46. The van der Waals surface area contributed by atoms with Crippen molar-refractivity contribution in [1.29, 1.82) is 10.5 Å². The van der Waals surface area contributed by atoms with Gasteiger partial charge in [0.2, 0.25) is 0 Å². The summed E-state index contributed by atoms with van der Waals surface area (Å²) < 4.78 is 0. The number of aliphatic imine (C=N–C) groups is 1. The quantitative estimate of drug-likeness (QED) is 0.638. The van der Waals surface area contributed by atoms with Crippen LogP contribution in [0.4, 0.5) is 0 Å². The Labute approximate surface area is 109 Å². The summed E-state index contributed by atoms with van der Waals surface area (Å²) in [6, 6.07) is 3.41. The molecule has 18 heavy (non-hydrogen) atoms. The van der Waals surface area contributed by atoms with E-state index in [1.807, 2.05) is 13.8 Å². The number of nitrogens with two attached hydrogens (primary N) is 1. The van der Waals surface area contributed by atoms with Crippen molar-refractivity contribution in [3.05, 3.63) is 27.8 Å². The van der Waals surface area contributed by atoms with Crippen molar-refractivity contribution in [2.24, 2.45) is 10.7 Å². The van der Waals surface area contributed by atoms with Gasteiger partial charge >= 0.3 is 0 Å². The molecule has 92 valence electrons. The smallest absolute Gasteiger partial charge is 0.174 e. The first-order valence-electron chi connectivity index (χ1n) is 5.09. The third-order valence-electron chi connectivity index (χ3n) is 2.17. The topological polar surface area (TPSA) is 115 Å². The summed E-state index contributed by atoms with van der Waals surface area (Å²) in [4.78, 5) is 3.86. The summed E-state index contributed by atoms with van der Waals surface area (Å²) in [6.45, 7) is 3.93. The van der Waals surface area contributed by atoms with Gasteiger partial charge in [-0.25, -0.2) is 4.99 Å². The third kappa shape index (κ3) is 2.88. The predicted octanol–water partition coefficient (Wildman–Crippen LogP) is 1.82. The molecule has 0 atom stereocenters. The molecule has 1 aromatic heterocycles. The highest BCUT2D eigenvalue weighted by molar-refractivity contribution is 6.32. The maximum absolute atomic E-state index is 8.79. The Morgan fingerprint density at radius 2 is 2.17 bits per heavy atom. The average Bonchev–Trinajstić information content (AvgIpc) is 2.71. The molecule has 7 heteroatoms. The van der Waals surface area contributed by atoms with Gasteiger partial charge in [0.15, 0.2) is 10.9 Å². The van der Waals surface area contributed by atoms with Crippen molar-refractivity contribution in [2.45, 2.75) is 19.8 Å². The normalized spacial score (nSPS) is 12.3. The van der Waals surface area contributed by atoms with Gasteiger partial charge in [-0.3, -0.25) is 5.10 Å². The van der Waals surface area contributed by atoms with Crippen LogP contribution in [0.15, 0.2) is 16.4 Å². The van der Waals surface area contributed by atoms with Crippen LogP contribution in [0.2, 0.25) is 5.15 Å². The molecular weight excluding hydrogens is 252 g/mol. The summed E-state index contributed by atoms with van der Waals surface area (Å²) in [5, 5.41) is 24.3. The van der Waals surface area contributed by atoms with Gasteiger partial charge in [-0.15, -0.1) is 0 Å². The van der Waals surface area contributed by atoms with Gasteiger partial charge < -0.3 is 5.73 Å². The number of hydrogen-bond acceptors (Lipinski definition) is 5. The van der Waals surface area contributed by atoms with Crippen molar-refractivity contribution < 1.29 is 0 Å². The molecule has 6 nitrogen and oxygen atoms in total. The molecule has 0 aliphatic rings. The average molecular weight is 263 g/mol. The van der Waals surface area contributed by atoms with Crippen LogP contribution < -0.4 is 5.73 Å². The van der Waals surface area contributed by atoms with Crippen LogP contribution >= 0.6 is 11.6 Å².